The summed E-state index contributed by atoms with van der Waals surface area (Å²) in [7, 11) is 0. The Morgan fingerprint density at radius 3 is 1.80 bits per heavy atom. The van der Waals surface area contributed by atoms with Crippen molar-refractivity contribution in [2.75, 3.05) is 17.2 Å². The SMILES string of the molecule is CC12c3cc(N)ccc3C(C)(c3cc(N)ccc31)c1c(N)cccc12. The number of anilines is 3. The molecular weight excluding hydrogens is 306 g/mol. The summed E-state index contributed by atoms with van der Waals surface area (Å²) in [6.07, 6.45) is 0. The second-order valence-electron chi connectivity index (χ2n) is 7.63. The first kappa shape index (κ1) is 14.4. The van der Waals surface area contributed by atoms with Crippen LogP contribution in [0.2, 0.25) is 0 Å². The molecule has 3 nitrogen and oxygen atoms in total. The number of hydrogen-bond acceptors (Lipinski definition) is 3. The van der Waals surface area contributed by atoms with Gasteiger partial charge in [0.1, 0.15) is 0 Å². The molecule has 124 valence electrons. The van der Waals surface area contributed by atoms with Gasteiger partial charge >= 0.3 is 0 Å². The van der Waals surface area contributed by atoms with Crippen molar-refractivity contribution in [1.29, 1.82) is 0 Å². The zero-order valence-corrected chi connectivity index (χ0v) is 14.4. The molecule has 2 atom stereocenters. The predicted molar refractivity (Wildman–Crippen MR) is 104 cm³/mol. The Morgan fingerprint density at radius 1 is 0.600 bits per heavy atom. The molecule has 6 N–H and O–H groups in total. The maximum absolute atomic E-state index is 6.50. The summed E-state index contributed by atoms with van der Waals surface area (Å²) in [4.78, 5) is 0. The lowest BCUT2D eigenvalue weighted by molar-refractivity contribution is 0.513. The summed E-state index contributed by atoms with van der Waals surface area (Å²) >= 11 is 0. The Bertz CT molecular complexity index is 1060. The number of hydrogen-bond donors (Lipinski definition) is 3. The lowest BCUT2D eigenvalue weighted by Gasteiger charge is -2.54. The first-order valence-electron chi connectivity index (χ1n) is 8.59. The first-order valence-corrected chi connectivity index (χ1v) is 8.59. The summed E-state index contributed by atoms with van der Waals surface area (Å²) in [5, 5.41) is 0. The fourth-order valence-corrected chi connectivity index (χ4v) is 5.22. The van der Waals surface area contributed by atoms with Crippen molar-refractivity contribution in [3.8, 4) is 0 Å². The average Bonchev–Trinajstić information content (AvgIpc) is 2.58. The highest BCUT2D eigenvalue weighted by atomic mass is 14.7. The van der Waals surface area contributed by atoms with Crippen LogP contribution in [0.3, 0.4) is 0 Å². The second-order valence-corrected chi connectivity index (χ2v) is 7.63. The smallest absolute Gasteiger partial charge is 0.0453 e. The standard InChI is InChI=1S/C22H21N3/c1-21-14-8-6-13(24)11-18(14)22(2,15-9-7-12(23)10-17(15)21)20-16(21)4-3-5-19(20)25/h3-11H,23-25H2,1-2H3. The van der Waals surface area contributed by atoms with Gasteiger partial charge < -0.3 is 17.2 Å². The summed E-state index contributed by atoms with van der Waals surface area (Å²) in [6.45, 7) is 4.53. The van der Waals surface area contributed by atoms with Crippen LogP contribution in [0, 0.1) is 0 Å². The van der Waals surface area contributed by atoms with Gasteiger partial charge in [-0.3, -0.25) is 0 Å². The van der Waals surface area contributed by atoms with Gasteiger partial charge in [0.25, 0.3) is 0 Å². The molecule has 0 amide bonds. The van der Waals surface area contributed by atoms with Crippen LogP contribution >= 0.6 is 0 Å². The van der Waals surface area contributed by atoms with Crippen LogP contribution in [0.4, 0.5) is 17.1 Å². The Morgan fingerprint density at radius 2 is 1.16 bits per heavy atom. The number of nitrogens with two attached hydrogens (primary N) is 3. The molecule has 3 aliphatic carbocycles. The molecule has 2 unspecified atom stereocenters. The van der Waals surface area contributed by atoms with Gasteiger partial charge in [0.05, 0.1) is 0 Å². The average molecular weight is 327 g/mol. The van der Waals surface area contributed by atoms with E-state index >= 15 is 0 Å². The summed E-state index contributed by atoms with van der Waals surface area (Å²) < 4.78 is 0. The number of nitrogen functional groups attached to an aromatic ring is 3. The maximum Gasteiger partial charge on any atom is 0.0453 e. The summed E-state index contributed by atoms with van der Waals surface area (Å²) in [5.74, 6) is 0. The van der Waals surface area contributed by atoms with Crippen molar-refractivity contribution in [3.05, 3.63) is 88.0 Å². The van der Waals surface area contributed by atoms with Crippen LogP contribution in [-0.2, 0) is 10.8 Å². The van der Waals surface area contributed by atoms with E-state index in [1.807, 2.05) is 24.3 Å². The van der Waals surface area contributed by atoms with Crippen LogP contribution in [0.1, 0.15) is 47.2 Å². The van der Waals surface area contributed by atoms with Crippen LogP contribution in [0.15, 0.2) is 54.6 Å². The van der Waals surface area contributed by atoms with Crippen LogP contribution in [0.25, 0.3) is 0 Å². The van der Waals surface area contributed by atoms with E-state index in [0.717, 1.165) is 17.1 Å². The first-order chi connectivity index (χ1) is 11.9. The molecule has 6 rings (SSSR count). The number of rotatable bonds is 0. The van der Waals surface area contributed by atoms with Crippen molar-refractivity contribution >= 4 is 17.1 Å². The quantitative estimate of drug-likeness (QED) is 0.550. The molecule has 3 heteroatoms. The second kappa shape index (κ2) is 4.17. The van der Waals surface area contributed by atoms with E-state index in [1.165, 1.54) is 33.4 Å². The largest absolute Gasteiger partial charge is 0.399 e. The lowest BCUT2D eigenvalue weighted by Crippen LogP contribution is -2.48. The molecule has 0 heterocycles. The zero-order valence-electron chi connectivity index (χ0n) is 14.4. The van der Waals surface area contributed by atoms with Crippen LogP contribution in [0.5, 0.6) is 0 Å². The minimum atomic E-state index is -0.327. The minimum Gasteiger partial charge on any atom is -0.399 e. The molecule has 0 aromatic heterocycles. The van der Waals surface area contributed by atoms with E-state index in [9.17, 15) is 0 Å². The molecule has 0 aliphatic heterocycles. The maximum atomic E-state index is 6.50. The monoisotopic (exact) mass is 327 g/mol. The normalized spacial score (nSPS) is 25.2. The van der Waals surface area contributed by atoms with Crippen molar-refractivity contribution in [2.24, 2.45) is 0 Å². The third-order valence-corrected chi connectivity index (χ3v) is 6.38. The molecule has 2 bridgehead atoms. The van der Waals surface area contributed by atoms with Gasteiger partial charge in [-0.25, -0.2) is 0 Å². The van der Waals surface area contributed by atoms with Gasteiger partial charge in [0.2, 0.25) is 0 Å². The Balaban J connectivity index is 2.04. The Labute approximate surface area is 147 Å². The van der Waals surface area contributed by atoms with Crippen molar-refractivity contribution in [1.82, 2.24) is 0 Å². The van der Waals surface area contributed by atoms with E-state index in [2.05, 4.69) is 44.2 Å². The molecule has 0 radical (unpaired) electrons. The Hall–Kier alpha value is -2.94. The van der Waals surface area contributed by atoms with Gasteiger partial charge in [0.15, 0.2) is 0 Å². The third kappa shape index (κ3) is 1.43. The van der Waals surface area contributed by atoms with Gasteiger partial charge in [-0.05, 0) is 77.6 Å². The van der Waals surface area contributed by atoms with Gasteiger partial charge in [-0.2, -0.15) is 0 Å². The molecule has 0 fully saturated rings. The molecule has 3 aliphatic rings. The number of benzene rings is 3. The highest BCUT2D eigenvalue weighted by molar-refractivity contribution is 5.80. The third-order valence-electron chi connectivity index (χ3n) is 6.38. The molecule has 3 aromatic rings. The topological polar surface area (TPSA) is 78.1 Å². The fourth-order valence-electron chi connectivity index (χ4n) is 5.22. The van der Waals surface area contributed by atoms with Crippen molar-refractivity contribution in [2.45, 2.75) is 24.7 Å². The lowest BCUT2D eigenvalue weighted by atomic mass is 9.48. The highest BCUT2D eigenvalue weighted by Gasteiger charge is 2.55. The highest BCUT2D eigenvalue weighted by Crippen LogP contribution is 2.63. The van der Waals surface area contributed by atoms with E-state index in [-0.39, 0.29) is 10.8 Å². The van der Waals surface area contributed by atoms with Crippen molar-refractivity contribution < 1.29 is 0 Å². The summed E-state index contributed by atoms with van der Waals surface area (Å²) in [5.41, 5.74) is 28.2. The van der Waals surface area contributed by atoms with Gasteiger partial charge in [-0.15, -0.1) is 0 Å². The minimum absolute atomic E-state index is 0.282. The van der Waals surface area contributed by atoms with Crippen LogP contribution in [-0.4, -0.2) is 0 Å². The fraction of sp³-hybridized carbons (Fsp3) is 0.182. The molecule has 25 heavy (non-hydrogen) atoms. The van der Waals surface area contributed by atoms with Crippen molar-refractivity contribution in [3.63, 3.8) is 0 Å². The molecular formula is C22H21N3. The van der Waals surface area contributed by atoms with E-state index in [4.69, 9.17) is 17.2 Å². The van der Waals surface area contributed by atoms with E-state index < -0.39 is 0 Å². The van der Waals surface area contributed by atoms with E-state index in [1.54, 1.807) is 0 Å². The molecule has 0 saturated carbocycles. The van der Waals surface area contributed by atoms with Gasteiger partial charge in [-0.1, -0.05) is 24.3 Å². The van der Waals surface area contributed by atoms with Crippen LogP contribution < -0.4 is 17.2 Å². The van der Waals surface area contributed by atoms with E-state index in [0.29, 0.717) is 0 Å². The van der Waals surface area contributed by atoms with Gasteiger partial charge in [0, 0.05) is 27.9 Å². The molecule has 0 spiro atoms. The summed E-state index contributed by atoms with van der Waals surface area (Å²) in [6, 6.07) is 18.8. The predicted octanol–water partition coefficient (Wildman–Crippen LogP) is 3.77. The molecule has 0 saturated heterocycles. The zero-order chi connectivity index (χ0) is 17.6. The Kier molecular flexibility index (Phi) is 2.41. The molecule has 3 aromatic carbocycles.